The van der Waals surface area contributed by atoms with Crippen molar-refractivity contribution in [3.05, 3.63) is 45.1 Å². The molecule has 0 saturated heterocycles. The molecule has 1 aliphatic rings. The van der Waals surface area contributed by atoms with Crippen LogP contribution in [0.5, 0.6) is 0 Å². The molecule has 0 bridgehead atoms. The van der Waals surface area contributed by atoms with E-state index >= 15 is 0 Å². The SMILES string of the molecule is CCOC(=O)C1=C(C)NC(=S)N[C@H]1c1ccc(Cl)c(Cl)c1. The monoisotopic (exact) mass is 344 g/mol. The van der Waals surface area contributed by atoms with E-state index in [0.717, 1.165) is 5.56 Å². The molecule has 0 fully saturated rings. The van der Waals surface area contributed by atoms with Crippen LogP contribution in [-0.2, 0) is 9.53 Å². The molecule has 0 radical (unpaired) electrons. The van der Waals surface area contributed by atoms with Crippen LogP contribution in [0, 0.1) is 0 Å². The van der Waals surface area contributed by atoms with Crippen LogP contribution in [0.1, 0.15) is 25.5 Å². The van der Waals surface area contributed by atoms with E-state index < -0.39 is 12.0 Å². The molecule has 112 valence electrons. The molecular formula is C14H14Cl2N2O2S. The first kappa shape index (κ1) is 16.1. The Hall–Kier alpha value is -1.30. The second-order valence-electron chi connectivity index (χ2n) is 4.46. The van der Waals surface area contributed by atoms with Gasteiger partial charge in [0.2, 0.25) is 0 Å². The summed E-state index contributed by atoms with van der Waals surface area (Å²) in [6.45, 7) is 3.84. The molecule has 0 saturated carbocycles. The van der Waals surface area contributed by atoms with Crippen molar-refractivity contribution in [2.45, 2.75) is 19.9 Å². The van der Waals surface area contributed by atoms with Crippen LogP contribution in [0.25, 0.3) is 0 Å². The van der Waals surface area contributed by atoms with Gasteiger partial charge in [0, 0.05) is 5.70 Å². The third-order valence-electron chi connectivity index (χ3n) is 3.04. The van der Waals surface area contributed by atoms with Crippen LogP contribution in [0.2, 0.25) is 10.0 Å². The molecule has 4 nitrogen and oxygen atoms in total. The number of carbonyl (C=O) groups is 1. The zero-order valence-electron chi connectivity index (χ0n) is 11.5. The topological polar surface area (TPSA) is 50.4 Å². The molecule has 0 amide bonds. The maximum atomic E-state index is 12.2. The first-order valence-corrected chi connectivity index (χ1v) is 7.50. The largest absolute Gasteiger partial charge is 0.463 e. The van der Waals surface area contributed by atoms with Gasteiger partial charge in [-0.15, -0.1) is 0 Å². The smallest absolute Gasteiger partial charge is 0.338 e. The van der Waals surface area contributed by atoms with E-state index in [0.29, 0.717) is 33.0 Å². The Morgan fingerprint density at radius 3 is 2.71 bits per heavy atom. The van der Waals surface area contributed by atoms with Gasteiger partial charge < -0.3 is 15.4 Å². The predicted octanol–water partition coefficient (Wildman–Crippen LogP) is 3.35. The van der Waals surface area contributed by atoms with E-state index in [4.69, 9.17) is 40.2 Å². The Kier molecular flexibility index (Phi) is 5.08. The van der Waals surface area contributed by atoms with E-state index in [2.05, 4.69) is 10.6 Å². The number of nitrogens with one attached hydrogen (secondary N) is 2. The fourth-order valence-corrected chi connectivity index (χ4v) is 2.69. The fraction of sp³-hybridized carbons (Fsp3) is 0.286. The van der Waals surface area contributed by atoms with Crippen LogP contribution >= 0.6 is 35.4 Å². The average molecular weight is 345 g/mol. The molecule has 1 aromatic carbocycles. The maximum absolute atomic E-state index is 12.2. The lowest BCUT2D eigenvalue weighted by molar-refractivity contribution is -0.139. The lowest BCUT2D eigenvalue weighted by atomic mass is 9.96. The number of allylic oxidation sites excluding steroid dienone is 1. The summed E-state index contributed by atoms with van der Waals surface area (Å²) in [5.41, 5.74) is 1.92. The minimum absolute atomic E-state index is 0.300. The van der Waals surface area contributed by atoms with Gasteiger partial charge in [0.05, 0.1) is 28.3 Å². The fourth-order valence-electron chi connectivity index (χ4n) is 2.12. The van der Waals surface area contributed by atoms with Gasteiger partial charge in [-0.3, -0.25) is 0 Å². The zero-order valence-corrected chi connectivity index (χ0v) is 13.8. The number of ether oxygens (including phenoxy) is 1. The highest BCUT2D eigenvalue weighted by molar-refractivity contribution is 7.80. The van der Waals surface area contributed by atoms with Gasteiger partial charge >= 0.3 is 5.97 Å². The predicted molar refractivity (Wildman–Crippen MR) is 87.4 cm³/mol. The molecule has 2 rings (SSSR count). The number of carbonyl (C=O) groups excluding carboxylic acids is 1. The molecule has 1 aromatic rings. The minimum Gasteiger partial charge on any atom is -0.463 e. The molecule has 0 aliphatic carbocycles. The second-order valence-corrected chi connectivity index (χ2v) is 5.69. The molecule has 0 aromatic heterocycles. The molecule has 0 spiro atoms. The molecule has 2 N–H and O–H groups in total. The van der Waals surface area contributed by atoms with Gasteiger partial charge in [-0.05, 0) is 43.8 Å². The summed E-state index contributed by atoms with van der Waals surface area (Å²) in [6, 6.07) is 4.77. The number of hydrogen-bond donors (Lipinski definition) is 2. The number of rotatable bonds is 3. The molecule has 1 atom stereocenters. The van der Waals surface area contributed by atoms with Crippen molar-refractivity contribution in [1.82, 2.24) is 10.6 Å². The lowest BCUT2D eigenvalue weighted by Crippen LogP contribution is -2.45. The van der Waals surface area contributed by atoms with E-state index in [1.165, 1.54) is 0 Å². The first-order chi connectivity index (χ1) is 9.93. The normalized spacial score (nSPS) is 18.1. The third-order valence-corrected chi connectivity index (χ3v) is 4.00. The third kappa shape index (κ3) is 3.48. The summed E-state index contributed by atoms with van der Waals surface area (Å²) in [6.07, 6.45) is 0. The van der Waals surface area contributed by atoms with Gasteiger partial charge in [-0.1, -0.05) is 29.3 Å². The number of esters is 1. The summed E-state index contributed by atoms with van der Waals surface area (Å²) in [7, 11) is 0. The highest BCUT2D eigenvalue weighted by atomic mass is 35.5. The average Bonchev–Trinajstić information content (AvgIpc) is 2.41. The maximum Gasteiger partial charge on any atom is 0.338 e. The summed E-state index contributed by atoms with van der Waals surface area (Å²) >= 11 is 17.1. The van der Waals surface area contributed by atoms with Crippen LogP contribution < -0.4 is 10.6 Å². The zero-order chi connectivity index (χ0) is 15.6. The van der Waals surface area contributed by atoms with Crippen LogP contribution in [0.15, 0.2) is 29.5 Å². The van der Waals surface area contributed by atoms with E-state index in [1.54, 1.807) is 32.0 Å². The number of halogens is 2. The standard InChI is InChI=1S/C14H14Cl2N2O2S/c1-3-20-13(19)11-7(2)17-14(21)18-12(11)8-4-5-9(15)10(16)6-8/h4-6,12H,3H2,1-2H3,(H2,17,18,21)/t12-/m0/s1. The Morgan fingerprint density at radius 2 is 2.10 bits per heavy atom. The summed E-state index contributed by atoms with van der Waals surface area (Å²) < 4.78 is 5.11. The Bertz CT molecular complexity index is 631. The van der Waals surface area contributed by atoms with Crippen LogP contribution in [0.4, 0.5) is 0 Å². The Morgan fingerprint density at radius 1 is 1.38 bits per heavy atom. The van der Waals surface area contributed by atoms with E-state index in [-0.39, 0.29) is 0 Å². The van der Waals surface area contributed by atoms with Crippen molar-refractivity contribution >= 4 is 46.5 Å². The minimum atomic E-state index is -0.424. The molecule has 7 heteroatoms. The highest BCUT2D eigenvalue weighted by Gasteiger charge is 2.31. The summed E-state index contributed by atoms with van der Waals surface area (Å²) in [5.74, 6) is -0.395. The molecule has 1 heterocycles. The molecule has 21 heavy (non-hydrogen) atoms. The summed E-state index contributed by atoms with van der Waals surface area (Å²) in [4.78, 5) is 12.2. The molecule has 0 unspecified atom stereocenters. The Balaban J connectivity index is 2.46. The van der Waals surface area contributed by atoms with Crippen molar-refractivity contribution in [2.24, 2.45) is 0 Å². The van der Waals surface area contributed by atoms with E-state index in [9.17, 15) is 4.79 Å². The highest BCUT2D eigenvalue weighted by Crippen LogP contribution is 2.31. The number of thiocarbonyl (C=S) groups is 1. The van der Waals surface area contributed by atoms with Gasteiger partial charge in [0.15, 0.2) is 5.11 Å². The van der Waals surface area contributed by atoms with Gasteiger partial charge in [0.25, 0.3) is 0 Å². The van der Waals surface area contributed by atoms with Crippen molar-refractivity contribution in [1.29, 1.82) is 0 Å². The number of hydrogen-bond acceptors (Lipinski definition) is 3. The first-order valence-electron chi connectivity index (χ1n) is 6.34. The Labute approximate surface area is 138 Å². The van der Waals surface area contributed by atoms with E-state index in [1.807, 2.05) is 0 Å². The van der Waals surface area contributed by atoms with Crippen molar-refractivity contribution in [3.63, 3.8) is 0 Å². The van der Waals surface area contributed by atoms with Crippen LogP contribution in [-0.4, -0.2) is 17.7 Å². The summed E-state index contributed by atoms with van der Waals surface area (Å²) in [5, 5.41) is 7.31. The number of benzene rings is 1. The quantitative estimate of drug-likeness (QED) is 0.650. The van der Waals surface area contributed by atoms with Crippen molar-refractivity contribution in [2.75, 3.05) is 6.61 Å². The van der Waals surface area contributed by atoms with Gasteiger partial charge in [-0.25, -0.2) is 4.79 Å². The second kappa shape index (κ2) is 6.64. The molecule has 1 aliphatic heterocycles. The lowest BCUT2D eigenvalue weighted by Gasteiger charge is -2.30. The van der Waals surface area contributed by atoms with Gasteiger partial charge in [-0.2, -0.15) is 0 Å². The van der Waals surface area contributed by atoms with Crippen LogP contribution in [0.3, 0.4) is 0 Å². The van der Waals surface area contributed by atoms with Gasteiger partial charge in [0.1, 0.15) is 0 Å². The molecular weight excluding hydrogens is 331 g/mol. The van der Waals surface area contributed by atoms with Crippen molar-refractivity contribution in [3.8, 4) is 0 Å². The van der Waals surface area contributed by atoms with Crippen molar-refractivity contribution < 1.29 is 9.53 Å².